The van der Waals surface area contributed by atoms with Crippen molar-refractivity contribution in [2.45, 2.75) is 26.2 Å². The Balaban J connectivity index is 1.79. The van der Waals surface area contributed by atoms with E-state index in [1.165, 1.54) is 6.92 Å². The smallest absolute Gasteiger partial charge is 0.234 e. The van der Waals surface area contributed by atoms with Gasteiger partial charge < -0.3 is 14.8 Å². The van der Waals surface area contributed by atoms with Gasteiger partial charge in [-0.05, 0) is 62.7 Å². The van der Waals surface area contributed by atoms with Gasteiger partial charge in [-0.15, -0.1) is 0 Å². The number of ketones is 1. The number of hydrogen-bond acceptors (Lipinski definition) is 4. The summed E-state index contributed by atoms with van der Waals surface area (Å²) in [6.45, 7) is 6.27. The molecule has 0 aromatic heterocycles. The summed E-state index contributed by atoms with van der Waals surface area (Å²) in [4.78, 5) is 24.1. The number of amides is 1. The minimum absolute atomic E-state index is 0.00511. The number of nitrogens with one attached hydrogen (secondary N) is 1. The van der Waals surface area contributed by atoms with E-state index >= 15 is 0 Å². The number of fused-ring (bicyclic) bond motifs is 1. The molecule has 1 N–H and O–H groups in total. The van der Waals surface area contributed by atoms with E-state index in [2.05, 4.69) is 5.32 Å². The summed E-state index contributed by atoms with van der Waals surface area (Å²) in [5, 5.41) is 2.90. The Labute approximate surface area is 147 Å². The number of hydrogen-bond donors (Lipinski definition) is 1. The van der Waals surface area contributed by atoms with Crippen LogP contribution in [0.2, 0.25) is 0 Å². The highest BCUT2D eigenvalue weighted by atomic mass is 16.6. The highest BCUT2D eigenvalue weighted by molar-refractivity contribution is 5.99. The predicted octanol–water partition coefficient (Wildman–Crippen LogP) is 3.58. The molecule has 3 rings (SSSR count). The van der Waals surface area contributed by atoms with E-state index in [0.29, 0.717) is 36.0 Å². The van der Waals surface area contributed by atoms with Crippen molar-refractivity contribution in [1.82, 2.24) is 0 Å². The van der Waals surface area contributed by atoms with Crippen LogP contribution in [0.1, 0.15) is 36.7 Å². The number of rotatable bonds is 4. The molecule has 1 heterocycles. The number of Topliss-reactive ketones (excluding diaryl/α,β-unsaturated/α-hetero) is 1. The fourth-order valence-electron chi connectivity index (χ4n) is 2.64. The van der Waals surface area contributed by atoms with Crippen molar-refractivity contribution in [1.29, 1.82) is 0 Å². The van der Waals surface area contributed by atoms with Crippen LogP contribution >= 0.6 is 0 Å². The van der Waals surface area contributed by atoms with Crippen molar-refractivity contribution < 1.29 is 19.1 Å². The van der Waals surface area contributed by atoms with Crippen LogP contribution in [-0.4, -0.2) is 24.9 Å². The van der Waals surface area contributed by atoms with Gasteiger partial charge in [-0.3, -0.25) is 9.59 Å². The first-order chi connectivity index (χ1) is 11.9. The third-order valence-electron chi connectivity index (χ3n) is 4.38. The predicted molar refractivity (Wildman–Crippen MR) is 95.5 cm³/mol. The van der Waals surface area contributed by atoms with Crippen LogP contribution in [0.3, 0.4) is 0 Å². The molecule has 0 bridgehead atoms. The van der Waals surface area contributed by atoms with Crippen LogP contribution in [0.5, 0.6) is 11.5 Å². The maximum atomic E-state index is 12.8. The Morgan fingerprint density at radius 1 is 0.960 bits per heavy atom. The van der Waals surface area contributed by atoms with Crippen molar-refractivity contribution in [3.8, 4) is 11.5 Å². The molecule has 2 aromatic rings. The van der Waals surface area contributed by atoms with Crippen LogP contribution in [0.4, 0.5) is 5.69 Å². The van der Waals surface area contributed by atoms with E-state index in [1.54, 1.807) is 24.3 Å². The number of ether oxygens (including phenoxy) is 2. The molecule has 1 aliphatic heterocycles. The molecule has 0 spiro atoms. The minimum atomic E-state index is -0.755. The molecule has 5 nitrogen and oxygen atoms in total. The van der Waals surface area contributed by atoms with E-state index in [1.807, 2.05) is 32.0 Å². The molecule has 2 aromatic carbocycles. The van der Waals surface area contributed by atoms with Crippen LogP contribution in [-0.2, 0) is 10.2 Å². The first kappa shape index (κ1) is 17.0. The number of benzene rings is 2. The SMILES string of the molecule is CC(=O)c1ccc(NC(=O)C(C)(C)c2ccc3c(c2)OCCO3)cc1. The van der Waals surface area contributed by atoms with Gasteiger partial charge in [0.15, 0.2) is 17.3 Å². The van der Waals surface area contributed by atoms with Crippen molar-refractivity contribution in [2.24, 2.45) is 0 Å². The Morgan fingerprint density at radius 3 is 2.24 bits per heavy atom. The summed E-state index contributed by atoms with van der Waals surface area (Å²) >= 11 is 0. The lowest BCUT2D eigenvalue weighted by atomic mass is 9.83. The van der Waals surface area contributed by atoms with Crippen LogP contribution < -0.4 is 14.8 Å². The molecular weight excluding hydrogens is 318 g/mol. The highest BCUT2D eigenvalue weighted by Crippen LogP contribution is 2.35. The maximum absolute atomic E-state index is 12.8. The van der Waals surface area contributed by atoms with Gasteiger partial charge >= 0.3 is 0 Å². The molecule has 0 fully saturated rings. The topological polar surface area (TPSA) is 64.6 Å². The van der Waals surface area contributed by atoms with Crippen molar-refractivity contribution >= 4 is 17.4 Å². The zero-order chi connectivity index (χ0) is 18.0. The largest absolute Gasteiger partial charge is 0.486 e. The number of carbonyl (C=O) groups excluding carboxylic acids is 2. The Hall–Kier alpha value is -2.82. The number of carbonyl (C=O) groups is 2. The van der Waals surface area contributed by atoms with Gasteiger partial charge in [-0.1, -0.05) is 6.07 Å². The molecule has 0 atom stereocenters. The standard InChI is InChI=1S/C20H21NO4/c1-13(22)14-4-7-16(8-5-14)21-19(23)20(2,3)15-6-9-17-18(12-15)25-11-10-24-17/h4-9,12H,10-11H2,1-3H3,(H,21,23). The molecule has 0 saturated carbocycles. The second-order valence-corrected chi connectivity index (χ2v) is 6.57. The first-order valence-corrected chi connectivity index (χ1v) is 8.20. The molecule has 1 aliphatic rings. The van der Waals surface area contributed by atoms with Gasteiger partial charge in [0.25, 0.3) is 0 Å². The highest BCUT2D eigenvalue weighted by Gasteiger charge is 2.31. The van der Waals surface area contributed by atoms with Gasteiger partial charge in [0.1, 0.15) is 13.2 Å². The van der Waals surface area contributed by atoms with Crippen molar-refractivity contribution in [3.05, 3.63) is 53.6 Å². The lowest BCUT2D eigenvalue weighted by molar-refractivity contribution is -0.120. The first-order valence-electron chi connectivity index (χ1n) is 8.20. The maximum Gasteiger partial charge on any atom is 0.234 e. The molecule has 0 unspecified atom stereocenters. The summed E-state index contributed by atoms with van der Waals surface area (Å²) in [5.74, 6) is 1.22. The van der Waals surface area contributed by atoms with E-state index in [4.69, 9.17) is 9.47 Å². The van der Waals surface area contributed by atoms with Crippen molar-refractivity contribution in [2.75, 3.05) is 18.5 Å². The summed E-state index contributed by atoms with van der Waals surface area (Å²) < 4.78 is 11.1. The van der Waals surface area contributed by atoms with Gasteiger partial charge in [0, 0.05) is 11.3 Å². The van der Waals surface area contributed by atoms with Gasteiger partial charge in [0.05, 0.1) is 5.41 Å². The number of anilines is 1. The monoisotopic (exact) mass is 339 g/mol. The summed E-state index contributed by atoms with van der Waals surface area (Å²) in [6, 6.07) is 12.4. The Kier molecular flexibility index (Phi) is 4.49. The van der Waals surface area contributed by atoms with E-state index in [-0.39, 0.29) is 11.7 Å². The van der Waals surface area contributed by atoms with E-state index in [9.17, 15) is 9.59 Å². The molecule has 25 heavy (non-hydrogen) atoms. The third kappa shape index (κ3) is 3.50. The molecule has 5 heteroatoms. The molecule has 0 saturated heterocycles. The average molecular weight is 339 g/mol. The zero-order valence-electron chi connectivity index (χ0n) is 14.6. The lowest BCUT2D eigenvalue weighted by Gasteiger charge is -2.26. The molecule has 130 valence electrons. The van der Waals surface area contributed by atoms with Crippen LogP contribution in [0.15, 0.2) is 42.5 Å². The molecule has 0 radical (unpaired) electrons. The third-order valence-corrected chi connectivity index (χ3v) is 4.38. The average Bonchev–Trinajstić information content (AvgIpc) is 2.61. The summed E-state index contributed by atoms with van der Waals surface area (Å²) in [7, 11) is 0. The fraction of sp³-hybridized carbons (Fsp3) is 0.300. The van der Waals surface area contributed by atoms with E-state index in [0.717, 1.165) is 5.56 Å². The van der Waals surface area contributed by atoms with Crippen LogP contribution in [0.25, 0.3) is 0 Å². The normalized spacial score (nSPS) is 13.2. The molecular formula is C20H21NO4. The minimum Gasteiger partial charge on any atom is -0.486 e. The van der Waals surface area contributed by atoms with E-state index < -0.39 is 5.41 Å². The van der Waals surface area contributed by atoms with Gasteiger partial charge in [0.2, 0.25) is 5.91 Å². The van der Waals surface area contributed by atoms with Gasteiger partial charge in [-0.2, -0.15) is 0 Å². The lowest BCUT2D eigenvalue weighted by Crippen LogP contribution is -2.34. The van der Waals surface area contributed by atoms with Crippen molar-refractivity contribution in [3.63, 3.8) is 0 Å². The Bertz CT molecular complexity index is 809. The molecule has 0 aliphatic carbocycles. The quantitative estimate of drug-likeness (QED) is 0.865. The Morgan fingerprint density at radius 2 is 1.60 bits per heavy atom. The summed E-state index contributed by atoms with van der Waals surface area (Å²) in [5.41, 5.74) is 1.36. The second-order valence-electron chi connectivity index (χ2n) is 6.57. The van der Waals surface area contributed by atoms with Gasteiger partial charge in [-0.25, -0.2) is 0 Å². The zero-order valence-corrected chi connectivity index (χ0v) is 14.6. The summed E-state index contributed by atoms with van der Waals surface area (Å²) in [6.07, 6.45) is 0. The molecule has 1 amide bonds. The fourth-order valence-corrected chi connectivity index (χ4v) is 2.64. The second kappa shape index (κ2) is 6.59. The van der Waals surface area contributed by atoms with Crippen LogP contribution in [0, 0.1) is 0 Å².